The van der Waals surface area contributed by atoms with E-state index in [-0.39, 0.29) is 49.6 Å². The Morgan fingerprint density at radius 3 is 2.42 bits per heavy atom. The minimum absolute atomic E-state index is 0.00431. The summed E-state index contributed by atoms with van der Waals surface area (Å²) in [6, 6.07) is 11.7. The van der Waals surface area contributed by atoms with Crippen molar-refractivity contribution in [1.82, 2.24) is 35.3 Å². The number of anilines is 1. The monoisotopic (exact) mass is 621 g/mol. The Morgan fingerprint density at radius 1 is 1.09 bits per heavy atom. The molecule has 0 bridgehead atoms. The first-order valence-corrected chi connectivity index (χ1v) is 12.7. The van der Waals surface area contributed by atoms with Crippen LogP contribution < -0.4 is 10.6 Å². The van der Waals surface area contributed by atoms with Gasteiger partial charge in [-0.25, -0.2) is 9.36 Å². The van der Waals surface area contributed by atoms with Gasteiger partial charge in [-0.1, -0.05) is 23.7 Å². The van der Waals surface area contributed by atoms with E-state index >= 15 is 0 Å². The van der Waals surface area contributed by atoms with Crippen LogP contribution in [0.1, 0.15) is 57.3 Å². The average Bonchev–Trinajstić information content (AvgIpc) is 3.56. The molecule has 2 aromatic carbocycles. The summed E-state index contributed by atoms with van der Waals surface area (Å²) < 4.78 is 68.4. The van der Waals surface area contributed by atoms with Crippen LogP contribution in [0.25, 0.3) is 5.69 Å². The maximum Gasteiger partial charge on any atom is 0.461 e. The lowest BCUT2D eigenvalue weighted by Gasteiger charge is -2.18. The SMILES string of the molecule is Cc1cc(C#N)cc(C(=O)NC(C)C)c1NC(=O)c1cc(Cn2nnnc2C(F)(F)C(F)(F)F)nn1-c1ccccc1Cl. The highest BCUT2D eigenvalue weighted by molar-refractivity contribution is 6.32. The van der Waals surface area contributed by atoms with Gasteiger partial charge in [0, 0.05) is 6.04 Å². The maximum atomic E-state index is 14.1. The maximum absolute atomic E-state index is 14.1. The number of aryl methyl sites for hydroxylation is 1. The molecule has 2 N–H and O–H groups in total. The van der Waals surface area contributed by atoms with Crippen LogP contribution in [0, 0.1) is 18.3 Å². The second-order valence-electron chi connectivity index (χ2n) is 9.53. The normalized spacial score (nSPS) is 11.8. The van der Waals surface area contributed by atoms with E-state index in [2.05, 4.69) is 31.3 Å². The molecule has 0 unspecified atom stereocenters. The van der Waals surface area contributed by atoms with Crippen molar-refractivity contribution in [3.63, 3.8) is 0 Å². The third kappa shape index (κ3) is 6.31. The molecule has 0 aliphatic heterocycles. The Balaban J connectivity index is 1.79. The summed E-state index contributed by atoms with van der Waals surface area (Å²) in [5.41, 5.74) is 0.384. The number of amides is 2. The zero-order valence-corrected chi connectivity index (χ0v) is 23.3. The van der Waals surface area contributed by atoms with Crippen molar-refractivity contribution in [1.29, 1.82) is 5.26 Å². The molecule has 0 fully saturated rings. The average molecular weight is 622 g/mol. The quantitative estimate of drug-likeness (QED) is 0.269. The fourth-order valence-corrected chi connectivity index (χ4v) is 4.22. The fourth-order valence-electron chi connectivity index (χ4n) is 4.01. The smallest absolute Gasteiger partial charge is 0.350 e. The molecular weight excluding hydrogens is 601 g/mol. The number of carbonyl (C=O) groups is 2. The van der Waals surface area contributed by atoms with Crippen molar-refractivity contribution in [3.05, 3.63) is 81.4 Å². The molecule has 0 spiro atoms. The van der Waals surface area contributed by atoms with Gasteiger partial charge < -0.3 is 10.6 Å². The Hall–Kier alpha value is -4.91. The number of tetrazole rings is 1. The molecule has 2 heterocycles. The van der Waals surface area contributed by atoms with E-state index in [9.17, 15) is 36.8 Å². The van der Waals surface area contributed by atoms with Crippen molar-refractivity contribution in [3.8, 4) is 11.8 Å². The van der Waals surface area contributed by atoms with Crippen LogP contribution in [0.15, 0.2) is 42.5 Å². The molecule has 4 rings (SSSR count). The van der Waals surface area contributed by atoms with E-state index in [0.29, 0.717) is 5.56 Å². The van der Waals surface area contributed by atoms with Crippen LogP contribution >= 0.6 is 11.6 Å². The minimum atomic E-state index is -5.97. The molecule has 0 saturated carbocycles. The number of nitrogens with one attached hydrogen (secondary N) is 2. The Bertz CT molecular complexity index is 1740. The van der Waals surface area contributed by atoms with Crippen molar-refractivity contribution in [2.45, 2.75) is 45.5 Å². The molecule has 17 heteroatoms. The topological polar surface area (TPSA) is 143 Å². The predicted molar refractivity (Wildman–Crippen MR) is 142 cm³/mol. The molecule has 4 aromatic rings. The number of hydrogen-bond acceptors (Lipinski definition) is 7. The number of halogens is 6. The first kappa shape index (κ1) is 31.0. The Kier molecular flexibility index (Phi) is 8.49. The van der Waals surface area contributed by atoms with Crippen LogP contribution in [-0.2, 0) is 12.5 Å². The van der Waals surface area contributed by atoms with Crippen molar-refractivity contribution < 1.29 is 31.5 Å². The highest BCUT2D eigenvalue weighted by Crippen LogP contribution is 2.42. The molecule has 0 atom stereocenters. The molecule has 0 aliphatic carbocycles. The molecular formula is C26H21ClF5N9O2. The lowest BCUT2D eigenvalue weighted by molar-refractivity contribution is -0.293. The van der Waals surface area contributed by atoms with E-state index in [4.69, 9.17) is 11.6 Å². The van der Waals surface area contributed by atoms with Gasteiger partial charge in [0.1, 0.15) is 5.69 Å². The summed E-state index contributed by atoms with van der Waals surface area (Å²) in [4.78, 5) is 26.6. The molecule has 224 valence electrons. The molecule has 0 saturated heterocycles. The molecule has 2 amide bonds. The Labute approximate surface area is 245 Å². The minimum Gasteiger partial charge on any atom is -0.350 e. The van der Waals surface area contributed by atoms with Gasteiger partial charge in [-0.05, 0) is 67.1 Å². The van der Waals surface area contributed by atoms with E-state index in [1.54, 1.807) is 32.9 Å². The van der Waals surface area contributed by atoms with E-state index < -0.39 is 36.3 Å². The van der Waals surface area contributed by atoms with Gasteiger partial charge in [0.15, 0.2) is 0 Å². The molecule has 0 aliphatic rings. The van der Waals surface area contributed by atoms with Gasteiger partial charge in [0.25, 0.3) is 11.8 Å². The van der Waals surface area contributed by atoms with Gasteiger partial charge in [-0.3, -0.25) is 9.59 Å². The van der Waals surface area contributed by atoms with Crippen molar-refractivity contribution in [2.75, 3.05) is 5.32 Å². The summed E-state index contributed by atoms with van der Waals surface area (Å²) in [7, 11) is 0. The highest BCUT2D eigenvalue weighted by Gasteiger charge is 2.62. The number of para-hydroxylation sites is 1. The molecule has 2 aromatic heterocycles. The number of rotatable bonds is 8. The van der Waals surface area contributed by atoms with E-state index in [0.717, 1.165) is 10.7 Å². The second-order valence-corrected chi connectivity index (χ2v) is 9.93. The standard InChI is InChI=1S/C26H21ClF5N9O2/c1-13(2)34-22(42)17-9-15(11-33)8-14(3)21(17)35-23(43)20-10-16(37-41(20)19-7-5-4-6-18(19)27)12-40-24(36-38-39-40)25(28,29)26(30,31)32/h4-10,13H,12H2,1-3H3,(H,34,42)(H,35,43). The van der Waals surface area contributed by atoms with E-state index in [1.165, 1.54) is 24.3 Å². The lowest BCUT2D eigenvalue weighted by Crippen LogP contribution is -2.36. The van der Waals surface area contributed by atoms with Crippen molar-refractivity contribution >= 4 is 29.1 Å². The summed E-state index contributed by atoms with van der Waals surface area (Å²) in [6.07, 6.45) is -5.97. The summed E-state index contributed by atoms with van der Waals surface area (Å²) >= 11 is 6.32. The number of aromatic nitrogens is 6. The fraction of sp³-hybridized carbons (Fsp3) is 0.269. The summed E-state index contributed by atoms with van der Waals surface area (Å²) in [5.74, 6) is -8.56. The van der Waals surface area contributed by atoms with Gasteiger partial charge in [0.2, 0.25) is 5.82 Å². The molecule has 43 heavy (non-hydrogen) atoms. The third-order valence-electron chi connectivity index (χ3n) is 5.92. The van der Waals surface area contributed by atoms with Crippen LogP contribution in [0.2, 0.25) is 5.02 Å². The van der Waals surface area contributed by atoms with Gasteiger partial charge >= 0.3 is 12.1 Å². The first-order chi connectivity index (χ1) is 20.1. The number of nitriles is 1. The Morgan fingerprint density at radius 2 is 1.79 bits per heavy atom. The van der Waals surface area contributed by atoms with Gasteiger partial charge in [0.05, 0.1) is 45.8 Å². The van der Waals surface area contributed by atoms with Crippen molar-refractivity contribution in [2.24, 2.45) is 0 Å². The second kappa shape index (κ2) is 11.8. The van der Waals surface area contributed by atoms with Crippen LogP contribution in [0.4, 0.5) is 27.6 Å². The van der Waals surface area contributed by atoms with Crippen LogP contribution in [-0.4, -0.2) is 54.0 Å². The number of nitrogens with zero attached hydrogens (tertiary/aromatic N) is 7. The first-order valence-electron chi connectivity index (χ1n) is 12.4. The van der Waals surface area contributed by atoms with Gasteiger partial charge in [-0.2, -0.15) is 32.3 Å². The van der Waals surface area contributed by atoms with Gasteiger partial charge in [-0.15, -0.1) is 5.10 Å². The highest BCUT2D eigenvalue weighted by atomic mass is 35.5. The number of hydrogen-bond donors (Lipinski definition) is 2. The van der Waals surface area contributed by atoms with Crippen LogP contribution in [0.3, 0.4) is 0 Å². The number of carbonyl (C=O) groups excluding carboxylic acids is 2. The summed E-state index contributed by atoms with van der Waals surface area (Å²) in [6.45, 7) is 4.24. The largest absolute Gasteiger partial charge is 0.461 e. The summed E-state index contributed by atoms with van der Waals surface area (Å²) in [5, 5.41) is 28.1. The lowest BCUT2D eigenvalue weighted by atomic mass is 10.0. The van der Waals surface area contributed by atoms with E-state index in [1.807, 2.05) is 6.07 Å². The zero-order chi connectivity index (χ0) is 31.7. The molecule has 11 nitrogen and oxygen atoms in total. The van der Waals surface area contributed by atoms with Crippen LogP contribution in [0.5, 0.6) is 0 Å². The number of benzene rings is 2. The zero-order valence-electron chi connectivity index (χ0n) is 22.5. The molecule has 0 radical (unpaired) electrons. The third-order valence-corrected chi connectivity index (χ3v) is 6.24. The number of alkyl halides is 5. The predicted octanol–water partition coefficient (Wildman–Crippen LogP) is 4.79.